The molecule has 0 saturated carbocycles. The molecule has 92 valence electrons. The first-order chi connectivity index (χ1) is 7.72. The van der Waals surface area contributed by atoms with Gasteiger partial charge in [-0.25, -0.2) is 8.42 Å². The third-order valence-electron chi connectivity index (χ3n) is 1.74. The second kappa shape index (κ2) is 4.37. The number of carboxylic acids is 1. The van der Waals surface area contributed by atoms with Gasteiger partial charge in [-0.1, -0.05) is 6.07 Å². The van der Waals surface area contributed by atoms with Crippen molar-refractivity contribution in [2.75, 3.05) is 11.0 Å². The van der Waals surface area contributed by atoms with Gasteiger partial charge in [0.15, 0.2) is 0 Å². The Balaban J connectivity index is 3.46. The van der Waals surface area contributed by atoms with Crippen molar-refractivity contribution >= 4 is 27.4 Å². The van der Waals surface area contributed by atoms with E-state index in [4.69, 9.17) is 0 Å². The summed E-state index contributed by atoms with van der Waals surface area (Å²) < 4.78 is 23.8. The summed E-state index contributed by atoms with van der Waals surface area (Å²) in [5, 5.41) is 21.4. The van der Waals surface area contributed by atoms with Crippen LogP contribution in [-0.2, 0) is 10.0 Å². The number of benzene rings is 1. The highest BCUT2D eigenvalue weighted by Gasteiger charge is 2.19. The molecule has 0 radical (unpaired) electrons. The molecule has 0 heterocycles. The fourth-order valence-electron chi connectivity index (χ4n) is 1.19. The molecule has 17 heavy (non-hydrogen) atoms. The summed E-state index contributed by atoms with van der Waals surface area (Å²) in [5.41, 5.74) is -1.94. The van der Waals surface area contributed by atoms with Crippen LogP contribution in [0.3, 0.4) is 0 Å². The average Bonchev–Trinajstić information content (AvgIpc) is 2.14. The number of nitro groups is 1. The first-order valence-electron chi connectivity index (χ1n) is 4.19. The Bertz CT molecular complexity index is 580. The number of nitro benzene ring substituents is 1. The molecular weight excluding hydrogens is 252 g/mol. The maximum atomic E-state index is 11.0. The fraction of sp³-hybridized carbons (Fsp3) is 0.125. The van der Waals surface area contributed by atoms with Crippen LogP contribution in [0.4, 0.5) is 11.4 Å². The van der Waals surface area contributed by atoms with Gasteiger partial charge in [0.1, 0.15) is 0 Å². The third kappa shape index (κ3) is 3.14. The summed E-state index contributed by atoms with van der Waals surface area (Å²) in [6, 6.07) is 3.20. The van der Waals surface area contributed by atoms with E-state index in [1.54, 1.807) is 0 Å². The van der Waals surface area contributed by atoms with Gasteiger partial charge in [0.05, 0.1) is 28.4 Å². The van der Waals surface area contributed by atoms with E-state index < -0.39 is 37.9 Å². The maximum absolute atomic E-state index is 11.0. The molecule has 0 aliphatic carbocycles. The highest BCUT2D eigenvalue weighted by atomic mass is 32.2. The topological polar surface area (TPSA) is 129 Å². The predicted octanol–water partition coefficient (Wildman–Crippen LogP) is -0.670. The Hall–Kier alpha value is -2.16. The number of carboxylic acid groups (broad SMARTS) is 1. The van der Waals surface area contributed by atoms with Gasteiger partial charge in [-0.3, -0.25) is 14.8 Å². The van der Waals surface area contributed by atoms with Crippen LogP contribution in [0.1, 0.15) is 10.4 Å². The molecule has 0 aliphatic heterocycles. The van der Waals surface area contributed by atoms with Gasteiger partial charge in [0, 0.05) is 6.07 Å². The van der Waals surface area contributed by atoms with Crippen LogP contribution in [0, 0.1) is 10.1 Å². The van der Waals surface area contributed by atoms with E-state index in [2.05, 4.69) is 0 Å². The van der Waals surface area contributed by atoms with E-state index in [-0.39, 0.29) is 0 Å². The molecule has 1 aromatic rings. The van der Waals surface area contributed by atoms with Crippen molar-refractivity contribution in [2.24, 2.45) is 0 Å². The quantitative estimate of drug-likeness (QED) is 0.563. The van der Waals surface area contributed by atoms with E-state index >= 15 is 0 Å². The first-order valence-corrected chi connectivity index (χ1v) is 6.08. The summed E-state index contributed by atoms with van der Waals surface area (Å²) >= 11 is 0. The minimum atomic E-state index is -3.74. The van der Waals surface area contributed by atoms with Gasteiger partial charge in [-0.2, -0.15) is 0 Å². The van der Waals surface area contributed by atoms with Gasteiger partial charge < -0.3 is 9.90 Å². The van der Waals surface area contributed by atoms with Crippen LogP contribution in [0.5, 0.6) is 0 Å². The Labute approximate surface area is 96.1 Å². The Morgan fingerprint density at radius 2 is 2.00 bits per heavy atom. The molecule has 9 heteroatoms. The molecule has 0 fully saturated rings. The molecule has 1 N–H and O–H groups in total. The van der Waals surface area contributed by atoms with Gasteiger partial charge >= 0.3 is 0 Å². The zero-order chi connectivity index (χ0) is 13.2. The zero-order valence-electron chi connectivity index (χ0n) is 8.54. The molecule has 0 saturated heterocycles. The van der Waals surface area contributed by atoms with Gasteiger partial charge in [0.25, 0.3) is 5.69 Å². The van der Waals surface area contributed by atoms with Crippen molar-refractivity contribution in [3.8, 4) is 0 Å². The van der Waals surface area contributed by atoms with Crippen molar-refractivity contribution in [3.63, 3.8) is 0 Å². The molecule has 0 unspecified atom stereocenters. The molecule has 0 bridgehead atoms. The van der Waals surface area contributed by atoms with Gasteiger partial charge in [0.2, 0.25) is 10.0 Å². The molecule has 1 rings (SSSR count). The second-order valence-corrected chi connectivity index (χ2v) is 4.87. The van der Waals surface area contributed by atoms with E-state index in [1.165, 1.54) is 0 Å². The molecule has 0 aliphatic rings. The number of anilines is 1. The third-order valence-corrected chi connectivity index (χ3v) is 2.33. The van der Waals surface area contributed by atoms with Crippen LogP contribution in [-0.4, -0.2) is 25.6 Å². The first kappa shape index (κ1) is 12.9. The van der Waals surface area contributed by atoms with Crippen LogP contribution >= 0.6 is 0 Å². The summed E-state index contributed by atoms with van der Waals surface area (Å²) in [5.74, 6) is -1.83. The maximum Gasteiger partial charge on any atom is 0.280 e. The summed E-state index contributed by atoms with van der Waals surface area (Å²) in [6.45, 7) is 0. The average molecular weight is 259 g/mol. The second-order valence-electron chi connectivity index (χ2n) is 3.12. The number of rotatable bonds is 4. The van der Waals surface area contributed by atoms with Crippen molar-refractivity contribution in [1.82, 2.24) is 0 Å². The largest absolute Gasteiger partial charge is 0.544 e. The lowest BCUT2D eigenvalue weighted by molar-refractivity contribution is -0.385. The normalized spacial score (nSPS) is 10.9. The molecule has 0 spiro atoms. The van der Waals surface area contributed by atoms with E-state index in [1.807, 2.05) is 4.72 Å². The summed E-state index contributed by atoms with van der Waals surface area (Å²) in [4.78, 5) is 20.4. The van der Waals surface area contributed by atoms with Crippen LogP contribution < -0.4 is 9.83 Å². The summed E-state index contributed by atoms with van der Waals surface area (Å²) in [7, 11) is -3.74. The number of sulfonamides is 1. The van der Waals surface area contributed by atoms with Crippen LogP contribution in [0.25, 0.3) is 0 Å². The minimum absolute atomic E-state index is 0.401. The summed E-state index contributed by atoms with van der Waals surface area (Å²) in [6.07, 6.45) is 0.797. The smallest absolute Gasteiger partial charge is 0.280 e. The van der Waals surface area contributed by atoms with Gasteiger partial charge in [-0.05, 0) is 6.07 Å². The SMILES string of the molecule is CS(=O)(=O)Nc1cccc([N+](=O)[O-])c1C(=O)[O-]. The lowest BCUT2D eigenvalue weighted by Crippen LogP contribution is -2.25. The van der Waals surface area contributed by atoms with Crippen LogP contribution in [0.2, 0.25) is 0 Å². The Morgan fingerprint density at radius 3 is 2.41 bits per heavy atom. The highest BCUT2D eigenvalue weighted by molar-refractivity contribution is 7.92. The Kier molecular flexibility index (Phi) is 3.32. The van der Waals surface area contributed by atoms with Crippen molar-refractivity contribution in [1.29, 1.82) is 0 Å². The van der Waals surface area contributed by atoms with Crippen LogP contribution in [0.15, 0.2) is 18.2 Å². The van der Waals surface area contributed by atoms with Crippen molar-refractivity contribution in [2.45, 2.75) is 0 Å². The van der Waals surface area contributed by atoms with E-state index in [9.17, 15) is 28.4 Å². The number of carbonyl (C=O) groups excluding carboxylic acids is 1. The number of nitrogens with zero attached hydrogens (tertiary/aromatic N) is 1. The molecule has 8 nitrogen and oxygen atoms in total. The molecular formula is C8H7N2O6S-. The number of hydrogen-bond acceptors (Lipinski definition) is 6. The standard InChI is InChI=1S/C8H8N2O6S/c1-17(15,16)9-5-3-2-4-6(10(13)14)7(5)8(11)12/h2-4,9H,1H3,(H,11,12)/p-1. The highest BCUT2D eigenvalue weighted by Crippen LogP contribution is 2.26. The van der Waals surface area contributed by atoms with Gasteiger partial charge in [-0.15, -0.1) is 0 Å². The zero-order valence-corrected chi connectivity index (χ0v) is 9.35. The molecule has 0 atom stereocenters. The van der Waals surface area contributed by atoms with E-state index in [0.717, 1.165) is 24.5 Å². The molecule has 0 amide bonds. The number of carbonyl (C=O) groups is 1. The lowest BCUT2D eigenvalue weighted by atomic mass is 10.1. The van der Waals surface area contributed by atoms with E-state index in [0.29, 0.717) is 0 Å². The predicted molar refractivity (Wildman–Crippen MR) is 55.9 cm³/mol. The van der Waals surface area contributed by atoms with Crippen molar-refractivity contribution in [3.05, 3.63) is 33.9 Å². The van der Waals surface area contributed by atoms with Crippen molar-refractivity contribution < 1.29 is 23.2 Å². The number of aromatic carboxylic acids is 1. The Morgan fingerprint density at radius 1 is 1.41 bits per heavy atom. The molecule has 0 aromatic heterocycles. The fourth-order valence-corrected chi connectivity index (χ4v) is 1.76. The lowest BCUT2D eigenvalue weighted by Gasteiger charge is -2.11. The number of nitrogens with one attached hydrogen (secondary N) is 1. The monoisotopic (exact) mass is 259 g/mol. The molecule has 1 aromatic carbocycles. The minimum Gasteiger partial charge on any atom is -0.544 e. The number of hydrogen-bond donors (Lipinski definition) is 1.